The summed E-state index contributed by atoms with van der Waals surface area (Å²) in [6.45, 7) is 2.35. The molecule has 0 amide bonds. The molecule has 0 aliphatic carbocycles. The molecule has 0 saturated heterocycles. The van der Waals surface area contributed by atoms with E-state index in [1.165, 1.54) is 0 Å². The first-order valence-corrected chi connectivity index (χ1v) is 7.02. The summed E-state index contributed by atoms with van der Waals surface area (Å²) in [7, 11) is 0. The summed E-state index contributed by atoms with van der Waals surface area (Å²) in [4.78, 5) is 4.04. The zero-order valence-corrected chi connectivity index (χ0v) is 12.7. The number of hydrogen-bond donors (Lipinski definition) is 1. The topological polar surface area (TPSA) is 95.7 Å². The second kappa shape index (κ2) is 6.80. The molecule has 0 aliphatic rings. The molecule has 2 rings (SSSR count). The van der Waals surface area contributed by atoms with Gasteiger partial charge in [0.25, 0.3) is 0 Å². The third-order valence-corrected chi connectivity index (χ3v) is 3.24. The Hall–Kier alpha value is -2.76. The number of rotatable bonds is 4. The molecule has 1 aromatic carbocycles. The van der Waals surface area contributed by atoms with Crippen molar-refractivity contribution in [2.24, 2.45) is 0 Å². The average molecular weight is 313 g/mol. The maximum absolute atomic E-state index is 9.48. The molecule has 2 N–H and O–H groups in total. The first-order chi connectivity index (χ1) is 10.6. The Bertz CT molecular complexity index is 773. The average Bonchev–Trinajstić information content (AvgIpc) is 2.53. The van der Waals surface area contributed by atoms with Crippen molar-refractivity contribution in [3.8, 4) is 29.1 Å². The van der Waals surface area contributed by atoms with Crippen LogP contribution in [-0.2, 0) is 0 Å². The minimum Gasteiger partial charge on any atom is -0.477 e. The van der Waals surface area contributed by atoms with Crippen molar-refractivity contribution in [3.05, 3.63) is 40.4 Å². The summed E-state index contributed by atoms with van der Waals surface area (Å²) >= 11 is 5.89. The number of anilines is 1. The summed E-state index contributed by atoms with van der Waals surface area (Å²) in [6.07, 6.45) is 0.767. The van der Waals surface area contributed by atoms with Crippen LogP contribution in [0.2, 0.25) is 5.02 Å². The smallest absolute Gasteiger partial charge is 0.234 e. The number of nitrogens with zero attached hydrogens (tertiary/aromatic N) is 3. The van der Waals surface area contributed by atoms with Gasteiger partial charge in [-0.1, -0.05) is 30.7 Å². The third kappa shape index (κ3) is 2.95. The monoisotopic (exact) mass is 312 g/mol. The lowest BCUT2D eigenvalue weighted by atomic mass is 9.96. The highest BCUT2D eigenvalue weighted by atomic mass is 35.5. The minimum absolute atomic E-state index is 0.0394. The molecule has 0 unspecified atom stereocenters. The first-order valence-electron chi connectivity index (χ1n) is 6.64. The van der Waals surface area contributed by atoms with E-state index >= 15 is 0 Å². The number of pyridine rings is 1. The summed E-state index contributed by atoms with van der Waals surface area (Å²) in [6, 6.07) is 10.9. The van der Waals surface area contributed by atoms with Crippen LogP contribution >= 0.6 is 11.6 Å². The van der Waals surface area contributed by atoms with Crippen LogP contribution in [-0.4, -0.2) is 11.6 Å². The Labute approximate surface area is 133 Å². The Morgan fingerprint density at radius 3 is 2.36 bits per heavy atom. The van der Waals surface area contributed by atoms with Crippen LogP contribution in [0.25, 0.3) is 11.1 Å². The molecule has 5 nitrogen and oxygen atoms in total. The maximum Gasteiger partial charge on any atom is 0.234 e. The highest BCUT2D eigenvalue weighted by Crippen LogP contribution is 2.35. The van der Waals surface area contributed by atoms with Gasteiger partial charge in [-0.05, 0) is 24.1 Å². The number of nitriles is 2. The summed E-state index contributed by atoms with van der Waals surface area (Å²) < 4.78 is 5.49. The Morgan fingerprint density at radius 1 is 1.18 bits per heavy atom. The lowest BCUT2D eigenvalue weighted by Crippen LogP contribution is -2.06. The van der Waals surface area contributed by atoms with Gasteiger partial charge in [-0.25, -0.2) is 0 Å². The predicted octanol–water partition coefficient (Wildman–Crippen LogP) is 3.52. The van der Waals surface area contributed by atoms with E-state index in [-0.39, 0.29) is 22.8 Å². The van der Waals surface area contributed by atoms with Crippen LogP contribution in [0.5, 0.6) is 5.88 Å². The number of ether oxygens (including phenoxy) is 1. The maximum atomic E-state index is 9.48. The largest absolute Gasteiger partial charge is 0.477 e. The molecule has 0 fully saturated rings. The lowest BCUT2D eigenvalue weighted by Gasteiger charge is -2.13. The molecule has 0 spiro atoms. The molecule has 0 saturated carbocycles. The van der Waals surface area contributed by atoms with E-state index in [0.717, 1.165) is 6.42 Å². The van der Waals surface area contributed by atoms with Crippen molar-refractivity contribution in [1.82, 2.24) is 4.98 Å². The van der Waals surface area contributed by atoms with E-state index in [1.54, 1.807) is 24.3 Å². The van der Waals surface area contributed by atoms with Crippen LogP contribution < -0.4 is 10.5 Å². The predicted molar refractivity (Wildman–Crippen MR) is 84.3 cm³/mol. The van der Waals surface area contributed by atoms with Crippen LogP contribution in [0.4, 0.5) is 5.82 Å². The van der Waals surface area contributed by atoms with Gasteiger partial charge < -0.3 is 10.5 Å². The summed E-state index contributed by atoms with van der Waals surface area (Å²) in [5, 5.41) is 19.4. The minimum atomic E-state index is 0.0394. The molecule has 0 aliphatic heterocycles. The molecule has 1 heterocycles. The SMILES string of the molecule is CCCOc1nc(N)c(C#N)c(-c2ccc(Cl)cc2)c1C#N. The zero-order chi connectivity index (χ0) is 16.1. The van der Waals surface area contributed by atoms with Gasteiger partial charge in [0.2, 0.25) is 5.88 Å². The van der Waals surface area contributed by atoms with Gasteiger partial charge in [-0.15, -0.1) is 0 Å². The molecular formula is C16H13ClN4O. The van der Waals surface area contributed by atoms with Crippen molar-refractivity contribution in [3.63, 3.8) is 0 Å². The van der Waals surface area contributed by atoms with Crippen molar-refractivity contribution >= 4 is 17.4 Å². The van der Waals surface area contributed by atoms with E-state index in [4.69, 9.17) is 22.1 Å². The number of nitrogens with two attached hydrogens (primary N) is 1. The van der Waals surface area contributed by atoms with E-state index in [2.05, 4.69) is 11.1 Å². The van der Waals surface area contributed by atoms with Gasteiger partial charge in [-0.2, -0.15) is 15.5 Å². The molecule has 22 heavy (non-hydrogen) atoms. The summed E-state index contributed by atoms with van der Waals surface area (Å²) in [5.41, 5.74) is 7.27. The Balaban J connectivity index is 2.73. The van der Waals surface area contributed by atoms with Gasteiger partial charge in [-0.3, -0.25) is 0 Å². The fourth-order valence-corrected chi connectivity index (χ4v) is 2.13. The molecule has 0 atom stereocenters. The van der Waals surface area contributed by atoms with Crippen molar-refractivity contribution in [2.45, 2.75) is 13.3 Å². The fraction of sp³-hybridized carbons (Fsp3) is 0.188. The quantitative estimate of drug-likeness (QED) is 0.931. The Morgan fingerprint density at radius 2 is 1.82 bits per heavy atom. The number of halogens is 1. The van der Waals surface area contributed by atoms with Gasteiger partial charge in [0.15, 0.2) is 0 Å². The molecular weight excluding hydrogens is 300 g/mol. The lowest BCUT2D eigenvalue weighted by molar-refractivity contribution is 0.305. The highest BCUT2D eigenvalue weighted by Gasteiger charge is 2.21. The van der Waals surface area contributed by atoms with Gasteiger partial charge >= 0.3 is 0 Å². The van der Waals surface area contributed by atoms with Gasteiger partial charge in [0.1, 0.15) is 29.1 Å². The van der Waals surface area contributed by atoms with Crippen LogP contribution in [0.3, 0.4) is 0 Å². The molecule has 1 aromatic heterocycles. The van der Waals surface area contributed by atoms with Crippen LogP contribution in [0, 0.1) is 22.7 Å². The molecule has 6 heteroatoms. The normalized spacial score (nSPS) is 9.82. The second-order valence-electron chi connectivity index (χ2n) is 4.51. The number of hydrogen-bond acceptors (Lipinski definition) is 5. The van der Waals surface area contributed by atoms with E-state index < -0.39 is 0 Å². The van der Waals surface area contributed by atoms with E-state index in [0.29, 0.717) is 22.8 Å². The van der Waals surface area contributed by atoms with Crippen LogP contribution in [0.15, 0.2) is 24.3 Å². The van der Waals surface area contributed by atoms with Crippen molar-refractivity contribution in [1.29, 1.82) is 10.5 Å². The molecule has 0 radical (unpaired) electrons. The van der Waals surface area contributed by atoms with E-state index in [9.17, 15) is 10.5 Å². The van der Waals surface area contributed by atoms with Crippen LogP contribution in [0.1, 0.15) is 24.5 Å². The van der Waals surface area contributed by atoms with Crippen molar-refractivity contribution in [2.75, 3.05) is 12.3 Å². The molecule has 110 valence electrons. The number of benzene rings is 1. The molecule has 2 aromatic rings. The first kappa shape index (κ1) is 15.6. The third-order valence-electron chi connectivity index (χ3n) is 2.99. The number of nitrogen functional groups attached to an aromatic ring is 1. The number of aromatic nitrogens is 1. The van der Waals surface area contributed by atoms with Gasteiger partial charge in [0, 0.05) is 10.6 Å². The Kier molecular flexibility index (Phi) is 4.83. The van der Waals surface area contributed by atoms with Gasteiger partial charge in [0.05, 0.1) is 6.61 Å². The summed E-state index contributed by atoms with van der Waals surface area (Å²) in [5.74, 6) is 0.184. The highest BCUT2D eigenvalue weighted by molar-refractivity contribution is 6.30. The van der Waals surface area contributed by atoms with Crippen molar-refractivity contribution < 1.29 is 4.74 Å². The van der Waals surface area contributed by atoms with E-state index in [1.807, 2.05) is 13.0 Å². The standard InChI is InChI=1S/C16H13ClN4O/c1-2-7-22-16-13(9-19)14(12(8-18)15(20)21-16)10-3-5-11(17)6-4-10/h3-6H,2,7H2,1H3,(H2,20,21). The fourth-order valence-electron chi connectivity index (χ4n) is 2.01. The second-order valence-corrected chi connectivity index (χ2v) is 4.94. The zero-order valence-electron chi connectivity index (χ0n) is 11.9. The molecule has 0 bridgehead atoms.